The Morgan fingerprint density at radius 2 is 1.68 bits per heavy atom. The number of sulfonamides is 1. The number of rotatable bonds is 8. The topological polar surface area (TPSA) is 98.2 Å². The Morgan fingerprint density at radius 3 is 2.32 bits per heavy atom. The van der Waals surface area contributed by atoms with Crippen molar-refractivity contribution in [3.63, 3.8) is 0 Å². The molecule has 1 N–H and O–H groups in total. The summed E-state index contributed by atoms with van der Waals surface area (Å²) in [5.74, 6) is -2.21. The number of likely N-dealkylation sites (N-methyl/N-ethyl adjacent to an activating group) is 1. The van der Waals surface area contributed by atoms with E-state index in [-0.39, 0.29) is 10.6 Å². The van der Waals surface area contributed by atoms with E-state index in [1.54, 1.807) is 59.5 Å². The van der Waals surface area contributed by atoms with E-state index in [1.165, 1.54) is 6.07 Å². The number of thiophene rings is 1. The summed E-state index contributed by atoms with van der Waals surface area (Å²) in [5.41, 5.74) is -0.218. The van der Waals surface area contributed by atoms with Gasteiger partial charge in [-0.3, -0.25) is 9.59 Å². The van der Waals surface area contributed by atoms with E-state index in [0.717, 1.165) is 26.8 Å². The quantitative estimate of drug-likeness (QED) is 0.440. The molecular weight excluding hydrogens is 546 g/mol. The lowest BCUT2D eigenvalue weighted by Crippen LogP contribution is -2.55. The molecule has 3 aromatic rings. The molecule has 38 heavy (non-hydrogen) atoms. The monoisotopic (exact) mass is 573 g/mol. The fraction of sp³-hybridized carbons (Fsp3) is 0.333. The van der Waals surface area contributed by atoms with Crippen LogP contribution in [0.4, 0.5) is 0 Å². The number of hydrogen-bond acceptors (Lipinski definition) is 6. The van der Waals surface area contributed by atoms with Crippen LogP contribution in [-0.4, -0.2) is 84.8 Å². The fourth-order valence-electron chi connectivity index (χ4n) is 5.01. The molecule has 8 nitrogen and oxygen atoms in total. The number of halogens is 1. The first-order valence-electron chi connectivity index (χ1n) is 12.3. The SMILES string of the molecule is CN1CCN(C(=O)CN([C@@]2(C(=O)O)C[C@H]2c2ccccc2)S(=O)(=O)c2ccc(-c3ccc(Cl)cc3)s2)CC1. The first-order chi connectivity index (χ1) is 18.1. The van der Waals surface area contributed by atoms with E-state index in [4.69, 9.17) is 11.6 Å². The van der Waals surface area contributed by atoms with Crippen LogP contribution >= 0.6 is 22.9 Å². The molecule has 1 saturated carbocycles. The molecule has 2 atom stereocenters. The van der Waals surface area contributed by atoms with Crippen LogP contribution in [0, 0.1) is 0 Å². The molecule has 0 unspecified atom stereocenters. The summed E-state index contributed by atoms with van der Waals surface area (Å²) in [6, 6.07) is 19.2. The smallest absolute Gasteiger partial charge is 0.325 e. The van der Waals surface area contributed by atoms with Gasteiger partial charge in [-0.1, -0.05) is 54.1 Å². The predicted molar refractivity (Wildman–Crippen MR) is 147 cm³/mol. The van der Waals surface area contributed by atoms with Crippen LogP contribution in [0.2, 0.25) is 5.02 Å². The van der Waals surface area contributed by atoms with E-state index in [1.807, 2.05) is 13.1 Å². The molecule has 2 aliphatic rings. The van der Waals surface area contributed by atoms with Gasteiger partial charge in [0.15, 0.2) is 0 Å². The van der Waals surface area contributed by atoms with Gasteiger partial charge in [0, 0.05) is 42.0 Å². The van der Waals surface area contributed by atoms with E-state index in [0.29, 0.717) is 36.1 Å². The number of carboxylic acid groups (broad SMARTS) is 1. The van der Waals surface area contributed by atoms with Crippen molar-refractivity contribution in [1.29, 1.82) is 0 Å². The maximum atomic E-state index is 14.1. The Balaban J connectivity index is 1.52. The maximum Gasteiger partial charge on any atom is 0.325 e. The number of nitrogens with zero attached hydrogens (tertiary/aromatic N) is 3. The van der Waals surface area contributed by atoms with Crippen molar-refractivity contribution in [3.8, 4) is 10.4 Å². The zero-order chi connectivity index (χ0) is 27.1. The van der Waals surface area contributed by atoms with Gasteiger partial charge in [0.1, 0.15) is 9.75 Å². The molecule has 1 aromatic heterocycles. The second-order valence-corrected chi connectivity index (χ2v) is 13.3. The molecular formula is C27H28ClN3O5S2. The van der Waals surface area contributed by atoms with Gasteiger partial charge in [0.2, 0.25) is 5.91 Å². The molecule has 11 heteroatoms. The van der Waals surface area contributed by atoms with Crippen molar-refractivity contribution in [2.75, 3.05) is 39.8 Å². The second-order valence-electron chi connectivity index (χ2n) is 9.72. The maximum absolute atomic E-state index is 14.1. The van der Waals surface area contributed by atoms with Gasteiger partial charge in [-0.15, -0.1) is 11.3 Å². The fourth-order valence-corrected chi connectivity index (χ4v) is 8.28. The molecule has 2 fully saturated rings. The third-order valence-electron chi connectivity index (χ3n) is 7.34. The summed E-state index contributed by atoms with van der Waals surface area (Å²) < 4.78 is 29.2. The van der Waals surface area contributed by atoms with Crippen LogP contribution in [-0.2, 0) is 19.6 Å². The highest BCUT2D eigenvalue weighted by atomic mass is 35.5. The van der Waals surface area contributed by atoms with Gasteiger partial charge in [-0.25, -0.2) is 8.42 Å². The Bertz CT molecular complexity index is 1440. The van der Waals surface area contributed by atoms with Gasteiger partial charge in [-0.05, 0) is 48.9 Å². The first kappa shape index (κ1) is 26.8. The van der Waals surface area contributed by atoms with Gasteiger partial charge >= 0.3 is 5.97 Å². The zero-order valence-electron chi connectivity index (χ0n) is 20.8. The number of carbonyl (C=O) groups excluding carboxylic acids is 1. The number of amides is 1. The van der Waals surface area contributed by atoms with E-state index in [2.05, 4.69) is 4.90 Å². The zero-order valence-corrected chi connectivity index (χ0v) is 23.2. The summed E-state index contributed by atoms with van der Waals surface area (Å²) in [7, 11) is -2.37. The van der Waals surface area contributed by atoms with Gasteiger partial charge in [0.05, 0.1) is 6.54 Å². The number of aliphatic carboxylic acids is 1. The van der Waals surface area contributed by atoms with Crippen LogP contribution in [0.15, 0.2) is 70.9 Å². The lowest BCUT2D eigenvalue weighted by atomic mass is 10.1. The normalized spacial score (nSPS) is 22.0. The van der Waals surface area contributed by atoms with Crippen molar-refractivity contribution in [2.45, 2.75) is 22.1 Å². The minimum absolute atomic E-state index is 0.00651. The number of benzene rings is 2. The molecule has 1 aliphatic carbocycles. The number of carbonyl (C=O) groups is 2. The van der Waals surface area contributed by atoms with Crippen LogP contribution in [0.25, 0.3) is 10.4 Å². The van der Waals surface area contributed by atoms with Crippen molar-refractivity contribution in [1.82, 2.24) is 14.1 Å². The predicted octanol–water partition coefficient (Wildman–Crippen LogP) is 3.84. The van der Waals surface area contributed by atoms with Crippen LogP contribution in [0.3, 0.4) is 0 Å². The largest absolute Gasteiger partial charge is 0.480 e. The number of piperazine rings is 1. The highest BCUT2D eigenvalue weighted by Crippen LogP contribution is 2.57. The Labute approximate surface area is 231 Å². The summed E-state index contributed by atoms with van der Waals surface area (Å²) in [5, 5.41) is 11.0. The molecule has 1 aliphatic heterocycles. The van der Waals surface area contributed by atoms with Crippen molar-refractivity contribution in [3.05, 3.63) is 77.3 Å². The molecule has 0 bridgehead atoms. The minimum Gasteiger partial charge on any atom is -0.480 e. The summed E-state index contributed by atoms with van der Waals surface area (Å²) in [6.07, 6.45) is 0.0943. The Hall–Kier alpha value is -2.76. The molecule has 5 rings (SSSR count). The summed E-state index contributed by atoms with van der Waals surface area (Å²) in [6.45, 7) is 1.74. The van der Waals surface area contributed by atoms with Crippen LogP contribution in [0.5, 0.6) is 0 Å². The summed E-state index contributed by atoms with van der Waals surface area (Å²) in [4.78, 5) is 30.6. The molecule has 200 valence electrons. The molecule has 2 heterocycles. The average molecular weight is 574 g/mol. The number of carboxylic acids is 1. The summed E-state index contributed by atoms with van der Waals surface area (Å²) >= 11 is 7.04. The number of hydrogen-bond donors (Lipinski definition) is 1. The average Bonchev–Trinajstić information content (AvgIpc) is 3.46. The van der Waals surface area contributed by atoms with E-state index in [9.17, 15) is 23.1 Å². The van der Waals surface area contributed by atoms with Gasteiger partial charge < -0.3 is 14.9 Å². The lowest BCUT2D eigenvalue weighted by molar-refractivity contribution is -0.144. The van der Waals surface area contributed by atoms with E-state index < -0.39 is 39.9 Å². The van der Waals surface area contributed by atoms with Crippen molar-refractivity contribution >= 4 is 44.8 Å². The highest BCUT2D eigenvalue weighted by molar-refractivity contribution is 7.91. The van der Waals surface area contributed by atoms with Gasteiger partial charge in [-0.2, -0.15) is 4.31 Å². The molecule has 0 radical (unpaired) electrons. The third kappa shape index (κ3) is 4.99. The molecule has 2 aromatic carbocycles. The Kier molecular flexibility index (Phi) is 7.36. The minimum atomic E-state index is -4.33. The van der Waals surface area contributed by atoms with Crippen LogP contribution in [0.1, 0.15) is 17.9 Å². The second kappa shape index (κ2) is 10.4. The standard InChI is InChI=1S/C27H28ClN3O5S2/c1-29-13-15-30(16-14-29)24(32)18-31(27(26(33)34)17-22(27)19-5-3-2-4-6-19)38(35,36)25-12-11-23(37-25)20-7-9-21(28)10-8-20/h2-12,22H,13-18H2,1H3,(H,33,34)/t22-,27-/m0/s1. The lowest BCUT2D eigenvalue weighted by Gasteiger charge is -2.35. The third-order valence-corrected chi connectivity index (χ3v) is 11.1. The van der Waals surface area contributed by atoms with Crippen molar-refractivity contribution < 1.29 is 23.1 Å². The van der Waals surface area contributed by atoms with E-state index >= 15 is 0 Å². The first-order valence-corrected chi connectivity index (χ1v) is 14.9. The van der Waals surface area contributed by atoms with Crippen molar-refractivity contribution in [2.24, 2.45) is 0 Å². The highest BCUT2D eigenvalue weighted by Gasteiger charge is 2.68. The molecule has 0 spiro atoms. The molecule has 1 saturated heterocycles. The molecule has 1 amide bonds. The Morgan fingerprint density at radius 1 is 1.03 bits per heavy atom. The van der Waals surface area contributed by atoms with Gasteiger partial charge in [0.25, 0.3) is 10.0 Å². The van der Waals surface area contributed by atoms with Crippen LogP contribution < -0.4 is 0 Å².